The summed E-state index contributed by atoms with van der Waals surface area (Å²) in [5.41, 5.74) is -0.513. The van der Waals surface area contributed by atoms with Gasteiger partial charge in [0, 0.05) is 5.69 Å². The lowest BCUT2D eigenvalue weighted by Gasteiger charge is -2.15. The summed E-state index contributed by atoms with van der Waals surface area (Å²) in [5, 5.41) is 2.51. The molecule has 2 aromatic rings. The Balaban J connectivity index is 1.95. The summed E-state index contributed by atoms with van der Waals surface area (Å²) < 4.78 is 48.0. The third-order valence-corrected chi connectivity index (χ3v) is 3.22. The zero-order chi connectivity index (χ0) is 17.7. The maximum Gasteiger partial charge on any atom is 0.416 e. The van der Waals surface area contributed by atoms with Gasteiger partial charge in [-0.25, -0.2) is 0 Å². The Kier molecular flexibility index (Phi) is 5.33. The molecular formula is C17H16F3NO3. The third-order valence-electron chi connectivity index (χ3n) is 3.22. The number of nitrogens with one attached hydrogen (secondary N) is 1. The second-order valence-corrected chi connectivity index (χ2v) is 5.00. The molecule has 7 heteroatoms. The maximum absolute atomic E-state index is 12.5. The number of hydrogen-bond donors (Lipinski definition) is 1. The fraction of sp³-hybridized carbons (Fsp3) is 0.235. The van der Waals surface area contributed by atoms with Gasteiger partial charge in [-0.05, 0) is 55.5 Å². The molecule has 1 atom stereocenters. The van der Waals surface area contributed by atoms with Crippen molar-refractivity contribution in [2.24, 2.45) is 0 Å². The Morgan fingerprint density at radius 1 is 1.00 bits per heavy atom. The van der Waals surface area contributed by atoms with Crippen LogP contribution in [0.15, 0.2) is 48.5 Å². The largest absolute Gasteiger partial charge is 0.497 e. The van der Waals surface area contributed by atoms with Crippen molar-refractivity contribution in [1.29, 1.82) is 0 Å². The van der Waals surface area contributed by atoms with Crippen molar-refractivity contribution in [2.75, 3.05) is 12.4 Å². The van der Waals surface area contributed by atoms with E-state index in [-0.39, 0.29) is 5.69 Å². The summed E-state index contributed by atoms with van der Waals surface area (Å²) in [6.07, 6.45) is -5.23. The molecule has 128 valence electrons. The Bertz CT molecular complexity index is 682. The SMILES string of the molecule is COc1ccc(O[C@H](C)C(=O)Nc2ccc(C(F)(F)F)cc2)cc1. The molecule has 0 aromatic heterocycles. The van der Waals surface area contributed by atoms with Crippen LogP contribution in [0.1, 0.15) is 12.5 Å². The molecule has 0 unspecified atom stereocenters. The molecule has 0 aliphatic rings. The van der Waals surface area contributed by atoms with Crippen molar-refractivity contribution < 1.29 is 27.4 Å². The first-order chi connectivity index (χ1) is 11.3. The highest BCUT2D eigenvalue weighted by Gasteiger charge is 2.30. The van der Waals surface area contributed by atoms with Gasteiger partial charge < -0.3 is 14.8 Å². The van der Waals surface area contributed by atoms with E-state index in [1.807, 2.05) is 0 Å². The van der Waals surface area contributed by atoms with Crippen LogP contribution in [0.2, 0.25) is 0 Å². The van der Waals surface area contributed by atoms with Crippen molar-refractivity contribution in [3.63, 3.8) is 0 Å². The van der Waals surface area contributed by atoms with Crippen LogP contribution in [0.5, 0.6) is 11.5 Å². The van der Waals surface area contributed by atoms with Crippen LogP contribution in [0.25, 0.3) is 0 Å². The van der Waals surface area contributed by atoms with Crippen LogP contribution in [0.4, 0.5) is 18.9 Å². The van der Waals surface area contributed by atoms with Crippen LogP contribution >= 0.6 is 0 Å². The van der Waals surface area contributed by atoms with Gasteiger partial charge in [0.15, 0.2) is 6.10 Å². The van der Waals surface area contributed by atoms with Crippen molar-refractivity contribution in [1.82, 2.24) is 0 Å². The summed E-state index contributed by atoms with van der Waals surface area (Å²) in [5.74, 6) is 0.667. The number of ether oxygens (including phenoxy) is 2. The van der Waals surface area contributed by atoms with Gasteiger partial charge >= 0.3 is 6.18 Å². The lowest BCUT2D eigenvalue weighted by Crippen LogP contribution is -2.30. The topological polar surface area (TPSA) is 47.6 Å². The summed E-state index contributed by atoms with van der Waals surface area (Å²) >= 11 is 0. The molecular weight excluding hydrogens is 323 g/mol. The van der Waals surface area contributed by atoms with Crippen molar-refractivity contribution in [3.05, 3.63) is 54.1 Å². The first kappa shape index (κ1) is 17.7. The maximum atomic E-state index is 12.5. The number of carbonyl (C=O) groups excluding carboxylic acids is 1. The Morgan fingerprint density at radius 3 is 2.04 bits per heavy atom. The van der Waals surface area contributed by atoms with E-state index in [1.165, 1.54) is 19.2 Å². The van der Waals surface area contributed by atoms with Crippen LogP contribution in [0, 0.1) is 0 Å². The molecule has 0 aliphatic heterocycles. The van der Waals surface area contributed by atoms with E-state index in [0.717, 1.165) is 12.1 Å². The fourth-order valence-electron chi connectivity index (χ4n) is 1.90. The summed E-state index contributed by atoms with van der Waals surface area (Å²) in [4.78, 5) is 12.0. The highest BCUT2D eigenvalue weighted by Crippen LogP contribution is 2.29. The number of hydrogen-bond acceptors (Lipinski definition) is 3. The number of carbonyl (C=O) groups is 1. The first-order valence-electron chi connectivity index (χ1n) is 7.08. The van der Waals surface area contributed by atoms with E-state index >= 15 is 0 Å². The smallest absolute Gasteiger partial charge is 0.416 e. The van der Waals surface area contributed by atoms with Gasteiger partial charge in [0.05, 0.1) is 12.7 Å². The molecule has 0 fully saturated rings. The molecule has 0 saturated heterocycles. The van der Waals surface area contributed by atoms with Crippen molar-refractivity contribution >= 4 is 11.6 Å². The minimum atomic E-state index is -4.41. The zero-order valence-electron chi connectivity index (χ0n) is 13.1. The molecule has 4 nitrogen and oxygen atoms in total. The standard InChI is InChI=1S/C17H16F3NO3/c1-11(24-15-9-7-14(23-2)8-10-15)16(22)21-13-5-3-12(4-6-13)17(18,19)20/h3-11H,1-2H3,(H,21,22)/t11-/m1/s1. The lowest BCUT2D eigenvalue weighted by molar-refractivity contribution is -0.137. The van der Waals surface area contributed by atoms with Gasteiger partial charge in [0.2, 0.25) is 0 Å². The van der Waals surface area contributed by atoms with Crippen molar-refractivity contribution in [2.45, 2.75) is 19.2 Å². The zero-order valence-corrected chi connectivity index (χ0v) is 13.1. The molecule has 0 heterocycles. The molecule has 0 saturated carbocycles. The van der Waals surface area contributed by atoms with Crippen LogP contribution in [-0.2, 0) is 11.0 Å². The number of benzene rings is 2. The van der Waals surface area contributed by atoms with Crippen molar-refractivity contribution in [3.8, 4) is 11.5 Å². The van der Waals surface area contributed by atoms with E-state index < -0.39 is 23.8 Å². The number of rotatable bonds is 5. The summed E-state index contributed by atoms with van der Waals surface area (Å²) in [7, 11) is 1.54. The van der Waals surface area contributed by atoms with E-state index in [4.69, 9.17) is 9.47 Å². The van der Waals surface area contributed by atoms with E-state index in [9.17, 15) is 18.0 Å². The normalized spacial score (nSPS) is 12.4. The number of amides is 1. The van der Waals surface area contributed by atoms with Gasteiger partial charge in [-0.15, -0.1) is 0 Å². The minimum absolute atomic E-state index is 0.262. The third kappa shape index (κ3) is 4.65. The number of methoxy groups -OCH3 is 1. The quantitative estimate of drug-likeness (QED) is 0.891. The van der Waals surface area contributed by atoms with Gasteiger partial charge in [-0.2, -0.15) is 13.2 Å². The lowest BCUT2D eigenvalue weighted by atomic mass is 10.2. The Morgan fingerprint density at radius 2 is 1.54 bits per heavy atom. The average Bonchev–Trinajstić information content (AvgIpc) is 2.55. The van der Waals surface area contributed by atoms with E-state index in [1.54, 1.807) is 31.2 Å². The number of halogens is 3. The van der Waals surface area contributed by atoms with Gasteiger partial charge in [-0.1, -0.05) is 0 Å². The molecule has 0 aliphatic carbocycles. The molecule has 0 bridgehead atoms. The highest BCUT2D eigenvalue weighted by molar-refractivity contribution is 5.94. The molecule has 1 amide bonds. The average molecular weight is 339 g/mol. The van der Waals surface area contributed by atoms with Gasteiger partial charge in [-0.3, -0.25) is 4.79 Å². The molecule has 0 radical (unpaired) electrons. The molecule has 24 heavy (non-hydrogen) atoms. The summed E-state index contributed by atoms with van der Waals surface area (Å²) in [6, 6.07) is 10.9. The fourth-order valence-corrected chi connectivity index (χ4v) is 1.90. The van der Waals surface area contributed by atoms with Gasteiger partial charge in [0.1, 0.15) is 11.5 Å². The van der Waals surface area contributed by atoms with Crippen LogP contribution in [-0.4, -0.2) is 19.1 Å². The molecule has 2 rings (SSSR count). The second-order valence-electron chi connectivity index (χ2n) is 5.00. The van der Waals surface area contributed by atoms with E-state index in [2.05, 4.69) is 5.32 Å². The van der Waals surface area contributed by atoms with Crippen LogP contribution in [0.3, 0.4) is 0 Å². The molecule has 0 spiro atoms. The Labute approximate surface area is 137 Å². The predicted molar refractivity (Wildman–Crippen MR) is 83.2 cm³/mol. The van der Waals surface area contributed by atoms with E-state index in [0.29, 0.717) is 11.5 Å². The molecule has 1 N–H and O–H groups in total. The Hall–Kier alpha value is -2.70. The minimum Gasteiger partial charge on any atom is -0.497 e. The number of alkyl halides is 3. The molecule has 2 aromatic carbocycles. The first-order valence-corrected chi connectivity index (χ1v) is 7.08. The second kappa shape index (κ2) is 7.25. The predicted octanol–water partition coefficient (Wildman–Crippen LogP) is 4.12. The number of anilines is 1. The highest BCUT2D eigenvalue weighted by atomic mass is 19.4. The summed E-state index contributed by atoms with van der Waals surface area (Å²) in [6.45, 7) is 1.55. The van der Waals surface area contributed by atoms with Gasteiger partial charge in [0.25, 0.3) is 5.91 Å². The van der Waals surface area contributed by atoms with Crippen LogP contribution < -0.4 is 14.8 Å². The monoisotopic (exact) mass is 339 g/mol.